The number of rotatable bonds is 5. The van der Waals surface area contributed by atoms with Crippen molar-refractivity contribution in [2.24, 2.45) is 11.3 Å². The van der Waals surface area contributed by atoms with E-state index in [0.717, 1.165) is 36.2 Å². The first-order chi connectivity index (χ1) is 8.22. The molecule has 0 saturated heterocycles. The van der Waals surface area contributed by atoms with Crippen molar-refractivity contribution in [2.75, 3.05) is 11.9 Å². The van der Waals surface area contributed by atoms with Crippen LogP contribution in [0.3, 0.4) is 0 Å². The summed E-state index contributed by atoms with van der Waals surface area (Å²) in [5.41, 5.74) is 1.77. The van der Waals surface area contributed by atoms with E-state index in [9.17, 15) is 0 Å². The molecule has 3 heteroatoms. The third kappa shape index (κ3) is 2.28. The maximum absolute atomic E-state index is 4.47. The highest BCUT2D eigenvalue weighted by atomic mass is 15.0. The van der Waals surface area contributed by atoms with Crippen LogP contribution in [-0.4, -0.2) is 16.5 Å². The third-order valence-electron chi connectivity index (χ3n) is 4.21. The molecule has 1 heterocycles. The van der Waals surface area contributed by atoms with Gasteiger partial charge in [-0.05, 0) is 50.4 Å². The molecule has 0 radical (unpaired) electrons. The van der Waals surface area contributed by atoms with Gasteiger partial charge >= 0.3 is 0 Å². The summed E-state index contributed by atoms with van der Waals surface area (Å²) < 4.78 is 0. The van der Waals surface area contributed by atoms with Gasteiger partial charge in [0, 0.05) is 18.3 Å². The fourth-order valence-corrected chi connectivity index (χ4v) is 2.75. The minimum absolute atomic E-state index is 0.630. The summed E-state index contributed by atoms with van der Waals surface area (Å²) in [5.74, 6) is 2.90. The normalized spacial score (nSPS) is 21.3. The SMILES string of the molecule is CCc1cc(NCC2(C3CC3)CC2)nc(C)n1. The van der Waals surface area contributed by atoms with Crippen LogP contribution in [0.4, 0.5) is 5.82 Å². The van der Waals surface area contributed by atoms with Crippen molar-refractivity contribution in [3.63, 3.8) is 0 Å². The largest absolute Gasteiger partial charge is 0.369 e. The average Bonchev–Trinajstić information content (AvgIpc) is 3.15. The summed E-state index contributed by atoms with van der Waals surface area (Å²) in [4.78, 5) is 8.88. The maximum Gasteiger partial charge on any atom is 0.129 e. The highest BCUT2D eigenvalue weighted by Gasteiger charge is 2.53. The molecule has 3 nitrogen and oxygen atoms in total. The van der Waals surface area contributed by atoms with Gasteiger partial charge in [-0.2, -0.15) is 0 Å². The third-order valence-corrected chi connectivity index (χ3v) is 4.21. The Kier molecular flexibility index (Phi) is 2.57. The van der Waals surface area contributed by atoms with Gasteiger partial charge in [-0.25, -0.2) is 9.97 Å². The second-order valence-corrected chi connectivity index (χ2v) is 5.64. The summed E-state index contributed by atoms with van der Waals surface area (Å²) in [7, 11) is 0. The molecule has 0 atom stereocenters. The highest BCUT2D eigenvalue weighted by Crippen LogP contribution is 2.61. The smallest absolute Gasteiger partial charge is 0.129 e. The quantitative estimate of drug-likeness (QED) is 0.846. The van der Waals surface area contributed by atoms with Crippen LogP contribution in [0.2, 0.25) is 0 Å². The molecule has 2 fully saturated rings. The van der Waals surface area contributed by atoms with Gasteiger partial charge in [0.25, 0.3) is 0 Å². The average molecular weight is 231 g/mol. The second-order valence-electron chi connectivity index (χ2n) is 5.64. The molecule has 1 aromatic heterocycles. The topological polar surface area (TPSA) is 37.8 Å². The molecule has 0 spiro atoms. The molecule has 17 heavy (non-hydrogen) atoms. The van der Waals surface area contributed by atoms with Gasteiger partial charge in [0.1, 0.15) is 11.6 Å². The summed E-state index contributed by atoms with van der Waals surface area (Å²) in [5, 5.41) is 3.53. The molecule has 0 aliphatic heterocycles. The van der Waals surface area contributed by atoms with E-state index in [2.05, 4.69) is 28.3 Å². The lowest BCUT2D eigenvalue weighted by molar-refractivity contribution is 0.466. The lowest BCUT2D eigenvalue weighted by Gasteiger charge is -2.16. The van der Waals surface area contributed by atoms with Crippen LogP contribution in [0.15, 0.2) is 6.07 Å². The molecule has 0 amide bonds. The monoisotopic (exact) mass is 231 g/mol. The number of nitrogens with zero attached hydrogens (tertiary/aromatic N) is 2. The Balaban J connectivity index is 1.66. The number of hydrogen-bond acceptors (Lipinski definition) is 3. The number of aromatic nitrogens is 2. The molecule has 0 aromatic carbocycles. The van der Waals surface area contributed by atoms with E-state index in [1.165, 1.54) is 25.7 Å². The standard InChI is InChI=1S/C14H21N3/c1-3-12-8-13(17-10(2)16-12)15-9-14(6-7-14)11-4-5-11/h8,11H,3-7,9H2,1-2H3,(H,15,16,17). The van der Waals surface area contributed by atoms with Crippen LogP contribution in [0.25, 0.3) is 0 Å². The molecular formula is C14H21N3. The molecule has 2 aliphatic rings. The second kappa shape index (κ2) is 3.97. The number of anilines is 1. The predicted molar refractivity (Wildman–Crippen MR) is 69.0 cm³/mol. The van der Waals surface area contributed by atoms with Crippen molar-refractivity contribution < 1.29 is 0 Å². The van der Waals surface area contributed by atoms with Crippen molar-refractivity contribution in [3.8, 4) is 0 Å². The fourth-order valence-electron chi connectivity index (χ4n) is 2.75. The van der Waals surface area contributed by atoms with Gasteiger partial charge in [0.15, 0.2) is 0 Å². The van der Waals surface area contributed by atoms with Gasteiger partial charge in [-0.15, -0.1) is 0 Å². The zero-order chi connectivity index (χ0) is 11.9. The number of hydrogen-bond donors (Lipinski definition) is 1. The molecule has 92 valence electrons. The zero-order valence-corrected chi connectivity index (χ0v) is 10.8. The predicted octanol–water partition coefficient (Wildman–Crippen LogP) is 2.95. The van der Waals surface area contributed by atoms with Gasteiger partial charge in [0.2, 0.25) is 0 Å². The molecule has 1 N–H and O–H groups in total. The van der Waals surface area contributed by atoms with E-state index in [0.29, 0.717) is 5.41 Å². The van der Waals surface area contributed by atoms with E-state index in [-0.39, 0.29) is 0 Å². The van der Waals surface area contributed by atoms with Gasteiger partial charge in [-0.1, -0.05) is 6.92 Å². The summed E-state index contributed by atoms with van der Waals surface area (Å²) in [6, 6.07) is 2.09. The Morgan fingerprint density at radius 2 is 2.12 bits per heavy atom. The molecule has 2 aliphatic carbocycles. The van der Waals surface area contributed by atoms with E-state index in [4.69, 9.17) is 0 Å². The van der Waals surface area contributed by atoms with E-state index >= 15 is 0 Å². The van der Waals surface area contributed by atoms with Gasteiger partial charge in [-0.3, -0.25) is 0 Å². The molecule has 0 unspecified atom stereocenters. The van der Waals surface area contributed by atoms with Gasteiger partial charge in [0.05, 0.1) is 0 Å². The first-order valence-electron chi connectivity index (χ1n) is 6.80. The molecule has 0 bridgehead atoms. The minimum Gasteiger partial charge on any atom is -0.369 e. The summed E-state index contributed by atoms with van der Waals surface area (Å²) >= 11 is 0. The Morgan fingerprint density at radius 3 is 2.71 bits per heavy atom. The zero-order valence-electron chi connectivity index (χ0n) is 10.8. The summed E-state index contributed by atoms with van der Waals surface area (Å²) in [6.07, 6.45) is 6.70. The van der Waals surface area contributed by atoms with Crippen LogP contribution >= 0.6 is 0 Å². The Bertz CT molecular complexity index is 419. The molecule has 1 aromatic rings. The van der Waals surface area contributed by atoms with E-state index in [1.807, 2.05) is 6.92 Å². The van der Waals surface area contributed by atoms with Gasteiger partial charge < -0.3 is 5.32 Å². The lowest BCUT2D eigenvalue weighted by atomic mass is 10.0. The first-order valence-corrected chi connectivity index (χ1v) is 6.80. The summed E-state index contributed by atoms with van der Waals surface area (Å²) in [6.45, 7) is 5.22. The van der Waals surface area contributed by atoms with E-state index in [1.54, 1.807) is 0 Å². The highest BCUT2D eigenvalue weighted by molar-refractivity contribution is 5.37. The number of nitrogens with one attached hydrogen (secondary N) is 1. The van der Waals surface area contributed by atoms with Crippen LogP contribution in [-0.2, 0) is 6.42 Å². The minimum atomic E-state index is 0.630. The molecular weight excluding hydrogens is 210 g/mol. The van der Waals surface area contributed by atoms with Crippen molar-refractivity contribution in [1.82, 2.24) is 9.97 Å². The van der Waals surface area contributed by atoms with Crippen molar-refractivity contribution in [3.05, 3.63) is 17.6 Å². The lowest BCUT2D eigenvalue weighted by Crippen LogP contribution is -2.18. The van der Waals surface area contributed by atoms with Crippen molar-refractivity contribution >= 4 is 5.82 Å². The van der Waals surface area contributed by atoms with Crippen LogP contribution in [0.1, 0.15) is 44.1 Å². The molecule has 2 saturated carbocycles. The Labute approximate surface area is 103 Å². The van der Waals surface area contributed by atoms with Crippen molar-refractivity contribution in [1.29, 1.82) is 0 Å². The van der Waals surface area contributed by atoms with Crippen LogP contribution in [0, 0.1) is 18.3 Å². The first kappa shape index (κ1) is 11.0. The fraction of sp³-hybridized carbons (Fsp3) is 0.714. The van der Waals surface area contributed by atoms with E-state index < -0.39 is 0 Å². The maximum atomic E-state index is 4.47. The van der Waals surface area contributed by atoms with Crippen LogP contribution in [0.5, 0.6) is 0 Å². The Hall–Kier alpha value is -1.12. The van der Waals surface area contributed by atoms with Crippen molar-refractivity contribution in [2.45, 2.75) is 46.0 Å². The van der Waals surface area contributed by atoms with Crippen LogP contribution < -0.4 is 5.32 Å². The Morgan fingerprint density at radius 1 is 1.35 bits per heavy atom. The number of aryl methyl sites for hydroxylation is 2. The molecule has 3 rings (SSSR count).